The lowest BCUT2D eigenvalue weighted by atomic mass is 10.2. The summed E-state index contributed by atoms with van der Waals surface area (Å²) in [6.45, 7) is 4.01. The molecule has 2 aromatic rings. The van der Waals surface area contributed by atoms with Gasteiger partial charge < -0.3 is 20.7 Å². The van der Waals surface area contributed by atoms with Crippen molar-refractivity contribution in [3.8, 4) is 5.75 Å². The van der Waals surface area contributed by atoms with Crippen LogP contribution in [0.15, 0.2) is 48.5 Å². The molecule has 5 nitrogen and oxygen atoms in total. The van der Waals surface area contributed by atoms with Crippen molar-refractivity contribution >= 4 is 23.1 Å². The van der Waals surface area contributed by atoms with Crippen LogP contribution < -0.4 is 20.7 Å². The van der Waals surface area contributed by atoms with Crippen LogP contribution >= 0.6 is 0 Å². The molecule has 2 amide bonds. The first-order chi connectivity index (χ1) is 11.6. The second kappa shape index (κ2) is 7.25. The molecular weight excluding hydrogens is 302 g/mol. The molecule has 1 aliphatic rings. The molecule has 1 fully saturated rings. The van der Waals surface area contributed by atoms with E-state index >= 15 is 0 Å². The summed E-state index contributed by atoms with van der Waals surface area (Å²) in [5, 5.41) is 9.09. The normalized spacial score (nSPS) is 13.5. The fraction of sp³-hybridized carbons (Fsp3) is 0.316. The molecule has 0 aliphatic heterocycles. The number of anilines is 3. The van der Waals surface area contributed by atoms with Crippen LogP contribution in [0.3, 0.4) is 0 Å². The number of carbonyl (C=O) groups excluding carboxylic acids is 1. The zero-order valence-corrected chi connectivity index (χ0v) is 14.0. The number of benzene rings is 2. The molecule has 2 aromatic carbocycles. The zero-order chi connectivity index (χ0) is 16.9. The van der Waals surface area contributed by atoms with Gasteiger partial charge in [0.2, 0.25) is 0 Å². The molecule has 0 saturated heterocycles. The van der Waals surface area contributed by atoms with Gasteiger partial charge in [-0.15, -0.1) is 0 Å². The van der Waals surface area contributed by atoms with Crippen molar-refractivity contribution in [3.63, 3.8) is 0 Å². The van der Waals surface area contributed by atoms with Gasteiger partial charge in [-0.1, -0.05) is 12.1 Å². The van der Waals surface area contributed by atoms with E-state index in [2.05, 4.69) is 16.0 Å². The average molecular weight is 325 g/mol. The summed E-state index contributed by atoms with van der Waals surface area (Å²) < 4.78 is 5.81. The van der Waals surface area contributed by atoms with Gasteiger partial charge in [0.25, 0.3) is 0 Å². The van der Waals surface area contributed by atoms with E-state index in [0.29, 0.717) is 6.04 Å². The Hall–Kier alpha value is -2.69. The summed E-state index contributed by atoms with van der Waals surface area (Å²) in [6, 6.07) is 15.7. The van der Waals surface area contributed by atoms with Crippen molar-refractivity contribution in [1.82, 2.24) is 5.32 Å². The molecule has 0 spiro atoms. The molecule has 3 N–H and O–H groups in total. The second-order valence-corrected chi connectivity index (χ2v) is 6.24. The van der Waals surface area contributed by atoms with Gasteiger partial charge in [-0.25, -0.2) is 4.79 Å². The van der Waals surface area contributed by atoms with Gasteiger partial charge in [0.15, 0.2) is 0 Å². The second-order valence-electron chi connectivity index (χ2n) is 6.24. The minimum atomic E-state index is -0.145. The van der Waals surface area contributed by atoms with Gasteiger partial charge in [-0.3, -0.25) is 0 Å². The highest BCUT2D eigenvalue weighted by Crippen LogP contribution is 2.28. The van der Waals surface area contributed by atoms with Gasteiger partial charge in [-0.05, 0) is 63.1 Å². The molecular formula is C19H23N3O2. The number of nitrogens with one attached hydrogen (secondary N) is 3. The minimum absolute atomic E-state index is 0.115. The van der Waals surface area contributed by atoms with Crippen LogP contribution in [0.5, 0.6) is 5.75 Å². The fourth-order valence-corrected chi connectivity index (χ4v) is 2.30. The van der Waals surface area contributed by atoms with Crippen molar-refractivity contribution in [2.75, 3.05) is 10.6 Å². The van der Waals surface area contributed by atoms with Crippen molar-refractivity contribution in [2.45, 2.75) is 38.8 Å². The van der Waals surface area contributed by atoms with Gasteiger partial charge >= 0.3 is 6.03 Å². The van der Waals surface area contributed by atoms with E-state index < -0.39 is 0 Å². The molecule has 0 unspecified atom stereocenters. The largest absolute Gasteiger partial charge is 0.489 e. The van der Waals surface area contributed by atoms with Gasteiger partial charge in [0, 0.05) is 17.4 Å². The summed E-state index contributed by atoms with van der Waals surface area (Å²) in [6.07, 6.45) is 2.27. The van der Waals surface area contributed by atoms with Crippen LogP contribution in [0.4, 0.5) is 21.9 Å². The summed E-state index contributed by atoms with van der Waals surface area (Å²) in [5.41, 5.74) is 2.62. The third-order valence-corrected chi connectivity index (χ3v) is 3.58. The molecule has 0 atom stereocenters. The first kappa shape index (κ1) is 16.2. The smallest absolute Gasteiger partial charge is 0.319 e. The molecule has 0 bridgehead atoms. The van der Waals surface area contributed by atoms with E-state index in [0.717, 1.165) is 35.7 Å². The third kappa shape index (κ3) is 4.65. The number of amides is 2. The van der Waals surface area contributed by atoms with Gasteiger partial charge in [0.05, 0.1) is 11.8 Å². The van der Waals surface area contributed by atoms with Crippen LogP contribution in [0.2, 0.25) is 0 Å². The molecule has 0 radical (unpaired) electrons. The van der Waals surface area contributed by atoms with E-state index in [4.69, 9.17) is 4.74 Å². The maximum Gasteiger partial charge on any atom is 0.319 e. The number of hydrogen-bond donors (Lipinski definition) is 3. The quantitative estimate of drug-likeness (QED) is 0.732. The Balaban J connectivity index is 1.62. The molecule has 0 heterocycles. The molecule has 24 heavy (non-hydrogen) atoms. The summed E-state index contributed by atoms with van der Waals surface area (Å²) in [4.78, 5) is 11.7. The lowest BCUT2D eigenvalue weighted by Crippen LogP contribution is -2.30. The summed E-state index contributed by atoms with van der Waals surface area (Å²) in [5.74, 6) is 0.818. The highest BCUT2D eigenvalue weighted by Gasteiger charge is 2.23. The van der Waals surface area contributed by atoms with Crippen molar-refractivity contribution in [1.29, 1.82) is 0 Å². The monoisotopic (exact) mass is 325 g/mol. The Morgan fingerprint density at radius 2 is 1.71 bits per heavy atom. The number of urea groups is 1. The number of para-hydroxylation sites is 2. The topological polar surface area (TPSA) is 62.4 Å². The highest BCUT2D eigenvalue weighted by molar-refractivity contribution is 5.89. The first-order valence-electron chi connectivity index (χ1n) is 8.30. The predicted octanol–water partition coefficient (Wildman–Crippen LogP) is 4.50. The molecule has 126 valence electrons. The third-order valence-electron chi connectivity index (χ3n) is 3.58. The molecule has 3 rings (SSSR count). The first-order valence-corrected chi connectivity index (χ1v) is 8.30. The Bertz CT molecular complexity index is 694. The lowest BCUT2D eigenvalue weighted by molar-refractivity contribution is 0.244. The Kier molecular flexibility index (Phi) is 4.89. The van der Waals surface area contributed by atoms with E-state index in [1.165, 1.54) is 0 Å². The number of carbonyl (C=O) groups is 1. The van der Waals surface area contributed by atoms with Gasteiger partial charge in [-0.2, -0.15) is 0 Å². The number of rotatable bonds is 6. The van der Waals surface area contributed by atoms with Crippen LogP contribution in [0.25, 0.3) is 0 Å². The molecule has 1 saturated carbocycles. The zero-order valence-electron chi connectivity index (χ0n) is 14.0. The Labute approximate surface area is 142 Å². The van der Waals surface area contributed by atoms with Crippen LogP contribution in [0.1, 0.15) is 26.7 Å². The van der Waals surface area contributed by atoms with Crippen LogP contribution in [-0.2, 0) is 0 Å². The SMILES string of the molecule is CC(C)Oc1ccccc1Nc1ccc(NC(=O)NC2CC2)cc1. The van der Waals surface area contributed by atoms with E-state index in [-0.39, 0.29) is 12.1 Å². The fourth-order valence-electron chi connectivity index (χ4n) is 2.30. The lowest BCUT2D eigenvalue weighted by Gasteiger charge is -2.15. The maximum atomic E-state index is 11.7. The van der Waals surface area contributed by atoms with Crippen molar-refractivity contribution < 1.29 is 9.53 Å². The summed E-state index contributed by atoms with van der Waals surface area (Å²) in [7, 11) is 0. The standard InChI is InChI=1S/C19H23N3O2/c1-13(2)24-18-6-4-3-5-17(18)20-14-7-9-15(10-8-14)21-19(23)22-16-11-12-16/h3-10,13,16,20H,11-12H2,1-2H3,(H2,21,22,23). The Morgan fingerprint density at radius 3 is 2.38 bits per heavy atom. The Morgan fingerprint density at radius 1 is 1.04 bits per heavy atom. The average Bonchev–Trinajstić information content (AvgIpc) is 3.34. The molecule has 5 heteroatoms. The highest BCUT2D eigenvalue weighted by atomic mass is 16.5. The minimum Gasteiger partial charge on any atom is -0.489 e. The molecule has 0 aromatic heterocycles. The van der Waals surface area contributed by atoms with E-state index in [9.17, 15) is 4.79 Å². The molecule has 1 aliphatic carbocycles. The van der Waals surface area contributed by atoms with Gasteiger partial charge in [0.1, 0.15) is 5.75 Å². The van der Waals surface area contributed by atoms with Crippen LogP contribution in [-0.4, -0.2) is 18.2 Å². The maximum absolute atomic E-state index is 11.7. The van der Waals surface area contributed by atoms with Crippen molar-refractivity contribution in [3.05, 3.63) is 48.5 Å². The van der Waals surface area contributed by atoms with Crippen LogP contribution in [0, 0.1) is 0 Å². The number of ether oxygens (including phenoxy) is 1. The summed E-state index contributed by atoms with van der Waals surface area (Å²) >= 11 is 0. The van der Waals surface area contributed by atoms with E-state index in [1.54, 1.807) is 0 Å². The number of hydrogen-bond acceptors (Lipinski definition) is 3. The van der Waals surface area contributed by atoms with E-state index in [1.807, 2.05) is 62.4 Å². The predicted molar refractivity (Wildman–Crippen MR) is 97.1 cm³/mol. The van der Waals surface area contributed by atoms with Crippen molar-refractivity contribution in [2.24, 2.45) is 0 Å².